The van der Waals surface area contributed by atoms with E-state index in [1.54, 1.807) is 0 Å². The van der Waals surface area contributed by atoms with E-state index in [4.69, 9.17) is 27.5 Å². The number of likely N-dealkylation sites (tertiary alicyclic amines) is 1. The van der Waals surface area contributed by atoms with Gasteiger partial charge in [-0.2, -0.15) is 0 Å². The molecule has 1 aromatic heterocycles. The Kier molecular flexibility index (Phi) is 7.19. The molecule has 1 fully saturated rings. The summed E-state index contributed by atoms with van der Waals surface area (Å²) in [5.74, 6) is 3.00. The number of nitrogens with zero attached hydrogens (tertiary/aromatic N) is 3. The first kappa shape index (κ1) is 22.0. The van der Waals surface area contributed by atoms with Crippen molar-refractivity contribution in [2.45, 2.75) is 18.9 Å². The second-order valence-corrected chi connectivity index (χ2v) is 8.12. The van der Waals surface area contributed by atoms with E-state index in [9.17, 15) is 0 Å². The molecule has 2 heterocycles. The van der Waals surface area contributed by atoms with Gasteiger partial charge in [-0.05, 0) is 49.2 Å². The number of nitrogens with two attached hydrogens (primary N) is 1. The summed E-state index contributed by atoms with van der Waals surface area (Å²) in [4.78, 5) is 10.9. The Labute approximate surface area is 193 Å². The second-order valence-electron chi connectivity index (χ2n) is 7.75. The number of para-hydroxylation sites is 1. The molecule has 8 heteroatoms. The lowest BCUT2D eigenvalue weighted by molar-refractivity contribution is 0.230. The Morgan fingerprint density at radius 2 is 1.75 bits per heavy atom. The van der Waals surface area contributed by atoms with Crippen LogP contribution in [0.25, 0.3) is 0 Å². The standard InChI is InChI=1S/C24H27ClN6O/c25-12-15-31-13-10-18(11-14-31)30-24-21(23(27)28-16-29-24)22(26)17-6-8-20(9-7-17)32-19-4-2-1-3-5-19/h1-9,16,18,26H,10-15H2,(H3,27,28,29,30). The summed E-state index contributed by atoms with van der Waals surface area (Å²) in [6, 6.07) is 17.2. The van der Waals surface area contributed by atoms with Gasteiger partial charge in [0.15, 0.2) is 0 Å². The highest BCUT2D eigenvalue weighted by molar-refractivity contribution is 6.18. The van der Waals surface area contributed by atoms with E-state index in [1.807, 2.05) is 54.6 Å². The molecule has 3 aromatic rings. The number of hydrogen-bond acceptors (Lipinski definition) is 7. The number of ether oxygens (including phenoxy) is 1. The number of rotatable bonds is 8. The first-order valence-corrected chi connectivity index (χ1v) is 11.2. The third-order valence-corrected chi connectivity index (χ3v) is 5.75. The largest absolute Gasteiger partial charge is 0.457 e. The van der Waals surface area contributed by atoms with E-state index >= 15 is 0 Å². The van der Waals surface area contributed by atoms with Crippen LogP contribution in [0.3, 0.4) is 0 Å². The number of nitrogen functional groups attached to an aromatic ring is 1. The van der Waals surface area contributed by atoms with E-state index in [-0.39, 0.29) is 17.6 Å². The molecule has 0 unspecified atom stereocenters. The topological polar surface area (TPSA) is 100 Å². The van der Waals surface area contributed by atoms with Gasteiger partial charge >= 0.3 is 0 Å². The van der Waals surface area contributed by atoms with Gasteiger partial charge in [0.1, 0.15) is 29.5 Å². The van der Waals surface area contributed by atoms with Crippen LogP contribution in [0.2, 0.25) is 0 Å². The van der Waals surface area contributed by atoms with Crippen molar-refractivity contribution in [2.75, 3.05) is 36.6 Å². The smallest absolute Gasteiger partial charge is 0.141 e. The first-order chi connectivity index (χ1) is 15.6. The highest BCUT2D eigenvalue weighted by Crippen LogP contribution is 2.26. The number of anilines is 2. The van der Waals surface area contributed by atoms with Gasteiger partial charge in [-0.3, -0.25) is 5.41 Å². The molecule has 0 aliphatic carbocycles. The minimum Gasteiger partial charge on any atom is -0.457 e. The SMILES string of the molecule is N=C(c1ccc(Oc2ccccc2)cc1)c1c(N)ncnc1NC1CCN(CCCl)CC1. The maximum atomic E-state index is 8.78. The summed E-state index contributed by atoms with van der Waals surface area (Å²) in [6.45, 7) is 2.88. The van der Waals surface area contributed by atoms with Crippen molar-refractivity contribution in [1.82, 2.24) is 14.9 Å². The van der Waals surface area contributed by atoms with Crippen LogP contribution in [0.15, 0.2) is 60.9 Å². The number of nitrogens with one attached hydrogen (secondary N) is 2. The van der Waals surface area contributed by atoms with E-state index in [2.05, 4.69) is 20.2 Å². The third kappa shape index (κ3) is 5.36. The predicted molar refractivity (Wildman–Crippen MR) is 129 cm³/mol. The van der Waals surface area contributed by atoms with Crippen molar-refractivity contribution >= 4 is 28.9 Å². The zero-order chi connectivity index (χ0) is 22.3. The average Bonchev–Trinajstić information content (AvgIpc) is 2.81. The summed E-state index contributed by atoms with van der Waals surface area (Å²) in [7, 11) is 0. The van der Waals surface area contributed by atoms with Gasteiger partial charge in [0.05, 0.1) is 11.3 Å². The Balaban J connectivity index is 1.48. The lowest BCUT2D eigenvalue weighted by Gasteiger charge is -2.32. The molecule has 7 nitrogen and oxygen atoms in total. The molecule has 4 rings (SSSR count). The fourth-order valence-electron chi connectivity index (χ4n) is 3.83. The molecule has 0 amide bonds. The van der Waals surface area contributed by atoms with Gasteiger partial charge in [0.2, 0.25) is 0 Å². The lowest BCUT2D eigenvalue weighted by Crippen LogP contribution is -2.40. The van der Waals surface area contributed by atoms with Gasteiger partial charge in [-0.1, -0.05) is 18.2 Å². The molecule has 166 valence electrons. The first-order valence-electron chi connectivity index (χ1n) is 10.7. The van der Waals surface area contributed by atoms with Gasteiger partial charge in [0.25, 0.3) is 0 Å². The fourth-order valence-corrected chi connectivity index (χ4v) is 4.07. The number of halogens is 1. The zero-order valence-electron chi connectivity index (χ0n) is 17.8. The normalized spacial score (nSPS) is 14.8. The maximum Gasteiger partial charge on any atom is 0.141 e. The van der Waals surface area contributed by atoms with Crippen LogP contribution in [0.1, 0.15) is 24.0 Å². The van der Waals surface area contributed by atoms with Crippen molar-refractivity contribution in [3.05, 3.63) is 72.1 Å². The third-order valence-electron chi connectivity index (χ3n) is 5.58. The van der Waals surface area contributed by atoms with E-state index in [0.717, 1.165) is 38.2 Å². The van der Waals surface area contributed by atoms with Gasteiger partial charge < -0.3 is 20.7 Å². The van der Waals surface area contributed by atoms with Crippen LogP contribution in [0, 0.1) is 5.41 Å². The van der Waals surface area contributed by atoms with Crippen LogP contribution < -0.4 is 15.8 Å². The summed E-state index contributed by atoms with van der Waals surface area (Å²) in [6.07, 6.45) is 3.41. The molecule has 0 spiro atoms. The van der Waals surface area contributed by atoms with E-state index in [0.29, 0.717) is 28.6 Å². The zero-order valence-corrected chi connectivity index (χ0v) is 18.6. The molecule has 32 heavy (non-hydrogen) atoms. The van der Waals surface area contributed by atoms with Gasteiger partial charge in [-0.15, -0.1) is 11.6 Å². The Bertz CT molecular complexity index is 1040. The molecular weight excluding hydrogens is 424 g/mol. The van der Waals surface area contributed by atoms with Gasteiger partial charge in [-0.25, -0.2) is 9.97 Å². The quantitative estimate of drug-likeness (QED) is 0.348. The highest BCUT2D eigenvalue weighted by atomic mass is 35.5. The molecule has 0 atom stereocenters. The summed E-state index contributed by atoms with van der Waals surface area (Å²) >= 11 is 5.86. The number of aromatic nitrogens is 2. The Hall–Kier alpha value is -3.16. The monoisotopic (exact) mass is 450 g/mol. The Morgan fingerprint density at radius 1 is 1.06 bits per heavy atom. The van der Waals surface area contributed by atoms with Crippen molar-refractivity contribution in [3.8, 4) is 11.5 Å². The number of alkyl halides is 1. The average molecular weight is 451 g/mol. The van der Waals surface area contributed by atoms with Crippen LogP contribution in [0.5, 0.6) is 11.5 Å². The molecule has 1 aliphatic rings. The van der Waals surface area contributed by atoms with Crippen LogP contribution in [-0.2, 0) is 0 Å². The minimum atomic E-state index is 0.268. The second kappa shape index (κ2) is 10.4. The summed E-state index contributed by atoms with van der Waals surface area (Å²) in [5, 5.41) is 12.3. The van der Waals surface area contributed by atoms with Crippen LogP contribution in [-0.4, -0.2) is 52.1 Å². The fraction of sp³-hybridized carbons (Fsp3) is 0.292. The predicted octanol–water partition coefficient (Wildman–Crippen LogP) is 4.38. The summed E-state index contributed by atoms with van der Waals surface area (Å²) in [5.41, 5.74) is 7.69. The number of hydrogen-bond donors (Lipinski definition) is 3. The highest BCUT2D eigenvalue weighted by Gasteiger charge is 2.22. The molecule has 4 N–H and O–H groups in total. The van der Waals surface area contributed by atoms with Crippen molar-refractivity contribution < 1.29 is 4.74 Å². The van der Waals surface area contributed by atoms with E-state index in [1.165, 1.54) is 6.33 Å². The van der Waals surface area contributed by atoms with Gasteiger partial charge in [0, 0.05) is 37.1 Å². The van der Waals surface area contributed by atoms with Crippen molar-refractivity contribution in [3.63, 3.8) is 0 Å². The minimum absolute atomic E-state index is 0.268. The molecule has 2 aromatic carbocycles. The van der Waals surface area contributed by atoms with Crippen LogP contribution >= 0.6 is 11.6 Å². The van der Waals surface area contributed by atoms with Crippen molar-refractivity contribution in [1.29, 1.82) is 5.41 Å². The molecule has 0 saturated carbocycles. The van der Waals surface area contributed by atoms with E-state index < -0.39 is 0 Å². The number of piperidine rings is 1. The maximum absolute atomic E-state index is 8.78. The summed E-state index contributed by atoms with van der Waals surface area (Å²) < 4.78 is 5.85. The Morgan fingerprint density at radius 3 is 2.44 bits per heavy atom. The molecule has 0 radical (unpaired) electrons. The van der Waals surface area contributed by atoms with Crippen LogP contribution in [0.4, 0.5) is 11.6 Å². The molecule has 1 aliphatic heterocycles. The number of benzene rings is 2. The molecule has 1 saturated heterocycles. The van der Waals surface area contributed by atoms with Crippen molar-refractivity contribution in [2.24, 2.45) is 0 Å². The molecular formula is C24H27ClN6O. The lowest BCUT2D eigenvalue weighted by atomic mass is 10.0. The molecule has 0 bridgehead atoms.